The summed E-state index contributed by atoms with van der Waals surface area (Å²) < 4.78 is 5.96. The molecule has 0 saturated carbocycles. The van der Waals surface area contributed by atoms with E-state index in [1.54, 1.807) is 17.3 Å². The van der Waals surface area contributed by atoms with Crippen LogP contribution in [-0.4, -0.2) is 39.7 Å². The van der Waals surface area contributed by atoms with E-state index in [0.29, 0.717) is 19.0 Å². The number of hydrogen-bond donors (Lipinski definition) is 0. The van der Waals surface area contributed by atoms with Crippen molar-refractivity contribution in [3.8, 4) is 11.6 Å². The SMILES string of the molecule is Cc1cccc(Oc2nccnc2C2CCN(C(=O)CCl)CC2)c1. The van der Waals surface area contributed by atoms with Gasteiger partial charge in [-0.1, -0.05) is 12.1 Å². The maximum Gasteiger partial charge on any atom is 0.241 e. The molecule has 0 bridgehead atoms. The van der Waals surface area contributed by atoms with Crippen LogP contribution < -0.4 is 4.74 Å². The Labute approximate surface area is 146 Å². The van der Waals surface area contributed by atoms with E-state index in [0.717, 1.165) is 29.8 Å². The molecule has 0 N–H and O–H groups in total. The van der Waals surface area contributed by atoms with Gasteiger partial charge in [-0.15, -0.1) is 11.6 Å². The number of carbonyl (C=O) groups excluding carboxylic acids is 1. The Morgan fingerprint density at radius 3 is 2.75 bits per heavy atom. The smallest absolute Gasteiger partial charge is 0.241 e. The van der Waals surface area contributed by atoms with Crippen LogP contribution in [0.3, 0.4) is 0 Å². The van der Waals surface area contributed by atoms with Crippen molar-refractivity contribution in [2.24, 2.45) is 0 Å². The fraction of sp³-hybridized carbons (Fsp3) is 0.389. The summed E-state index contributed by atoms with van der Waals surface area (Å²) in [5, 5.41) is 0. The highest BCUT2D eigenvalue weighted by Gasteiger charge is 2.27. The highest BCUT2D eigenvalue weighted by molar-refractivity contribution is 6.27. The van der Waals surface area contributed by atoms with Gasteiger partial charge in [-0.3, -0.25) is 9.78 Å². The Bertz CT molecular complexity index is 715. The van der Waals surface area contributed by atoms with E-state index < -0.39 is 0 Å². The van der Waals surface area contributed by atoms with Gasteiger partial charge in [-0.25, -0.2) is 4.98 Å². The minimum absolute atomic E-state index is 0.00880. The average molecular weight is 346 g/mol. The molecule has 0 aliphatic carbocycles. The predicted octanol–water partition coefficient (Wildman–Crippen LogP) is 3.52. The van der Waals surface area contributed by atoms with Crippen LogP contribution in [0.1, 0.15) is 30.0 Å². The van der Waals surface area contributed by atoms with Crippen LogP contribution in [0.5, 0.6) is 11.6 Å². The molecule has 0 spiro atoms. The zero-order chi connectivity index (χ0) is 16.9. The third-order valence-electron chi connectivity index (χ3n) is 4.24. The third kappa shape index (κ3) is 3.85. The van der Waals surface area contributed by atoms with Crippen LogP contribution in [0.4, 0.5) is 0 Å². The second-order valence-electron chi connectivity index (χ2n) is 5.95. The van der Waals surface area contributed by atoms with Crippen molar-refractivity contribution in [1.82, 2.24) is 14.9 Å². The van der Waals surface area contributed by atoms with Crippen molar-refractivity contribution in [3.63, 3.8) is 0 Å². The fourth-order valence-corrected chi connectivity index (χ4v) is 3.14. The number of aromatic nitrogens is 2. The Kier molecular flexibility index (Phi) is 5.30. The first-order valence-corrected chi connectivity index (χ1v) is 8.60. The fourth-order valence-electron chi connectivity index (χ4n) is 2.97. The van der Waals surface area contributed by atoms with E-state index in [2.05, 4.69) is 9.97 Å². The van der Waals surface area contributed by atoms with E-state index in [4.69, 9.17) is 16.3 Å². The molecule has 1 aliphatic heterocycles. The molecule has 0 radical (unpaired) electrons. The van der Waals surface area contributed by atoms with Crippen LogP contribution in [-0.2, 0) is 4.79 Å². The lowest BCUT2D eigenvalue weighted by Crippen LogP contribution is -2.38. The minimum Gasteiger partial charge on any atom is -0.437 e. The summed E-state index contributed by atoms with van der Waals surface area (Å²) in [4.78, 5) is 22.4. The Morgan fingerprint density at radius 2 is 2.04 bits per heavy atom. The van der Waals surface area contributed by atoms with E-state index in [-0.39, 0.29) is 17.7 Å². The van der Waals surface area contributed by atoms with Crippen molar-refractivity contribution in [2.45, 2.75) is 25.7 Å². The summed E-state index contributed by atoms with van der Waals surface area (Å²) in [6, 6.07) is 7.86. The first-order chi connectivity index (χ1) is 11.7. The summed E-state index contributed by atoms with van der Waals surface area (Å²) >= 11 is 5.63. The molecule has 6 heteroatoms. The van der Waals surface area contributed by atoms with Crippen LogP contribution in [0.25, 0.3) is 0 Å². The Hall–Kier alpha value is -2.14. The molecular formula is C18H20ClN3O2. The molecule has 1 amide bonds. The molecule has 0 atom stereocenters. The summed E-state index contributed by atoms with van der Waals surface area (Å²) in [5.41, 5.74) is 1.99. The van der Waals surface area contributed by atoms with Crippen LogP contribution in [0, 0.1) is 6.92 Å². The van der Waals surface area contributed by atoms with Crippen molar-refractivity contribution in [1.29, 1.82) is 0 Å². The standard InChI is InChI=1S/C18H20ClN3O2/c1-13-3-2-4-15(11-13)24-18-17(20-7-8-21-18)14-5-9-22(10-6-14)16(23)12-19/h2-4,7-8,11,14H,5-6,9-10,12H2,1H3. The van der Waals surface area contributed by atoms with Crippen LogP contribution in [0.2, 0.25) is 0 Å². The number of nitrogens with zero attached hydrogens (tertiary/aromatic N) is 3. The lowest BCUT2D eigenvalue weighted by molar-refractivity contribution is -0.129. The molecule has 1 fully saturated rings. The van der Waals surface area contributed by atoms with Gasteiger partial charge in [0.15, 0.2) is 0 Å². The lowest BCUT2D eigenvalue weighted by Gasteiger charge is -2.31. The summed E-state index contributed by atoms with van der Waals surface area (Å²) in [5.74, 6) is 1.57. The number of benzene rings is 1. The maximum absolute atomic E-state index is 11.7. The van der Waals surface area contributed by atoms with Crippen molar-refractivity contribution >= 4 is 17.5 Å². The number of hydrogen-bond acceptors (Lipinski definition) is 4. The van der Waals surface area contributed by atoms with E-state index >= 15 is 0 Å². The summed E-state index contributed by atoms with van der Waals surface area (Å²) in [7, 11) is 0. The second kappa shape index (κ2) is 7.62. The number of alkyl halides is 1. The molecule has 24 heavy (non-hydrogen) atoms. The molecule has 1 aromatic heterocycles. The van der Waals surface area contributed by atoms with Gasteiger partial charge in [0.05, 0.1) is 0 Å². The predicted molar refractivity (Wildman–Crippen MR) is 92.6 cm³/mol. The second-order valence-corrected chi connectivity index (χ2v) is 6.22. The molecular weight excluding hydrogens is 326 g/mol. The number of rotatable bonds is 4. The number of piperidine rings is 1. The molecule has 3 rings (SSSR count). The van der Waals surface area contributed by atoms with Gasteiger partial charge in [0.1, 0.15) is 17.3 Å². The first kappa shape index (κ1) is 16.7. The zero-order valence-electron chi connectivity index (χ0n) is 13.6. The van der Waals surface area contributed by atoms with Gasteiger partial charge in [0.2, 0.25) is 11.8 Å². The molecule has 0 unspecified atom stereocenters. The van der Waals surface area contributed by atoms with Crippen molar-refractivity contribution in [3.05, 3.63) is 47.9 Å². The van der Waals surface area contributed by atoms with Crippen LogP contribution >= 0.6 is 11.6 Å². The summed E-state index contributed by atoms with van der Waals surface area (Å²) in [6.45, 7) is 3.40. The third-order valence-corrected chi connectivity index (χ3v) is 4.47. The lowest BCUT2D eigenvalue weighted by atomic mass is 9.93. The molecule has 2 heterocycles. The maximum atomic E-state index is 11.7. The average Bonchev–Trinajstić information content (AvgIpc) is 2.62. The van der Waals surface area contributed by atoms with Gasteiger partial charge < -0.3 is 9.64 Å². The Morgan fingerprint density at radius 1 is 1.29 bits per heavy atom. The molecule has 1 saturated heterocycles. The number of aryl methyl sites for hydroxylation is 1. The van der Waals surface area contributed by atoms with Gasteiger partial charge in [-0.2, -0.15) is 0 Å². The molecule has 5 nitrogen and oxygen atoms in total. The molecule has 1 aliphatic rings. The van der Waals surface area contributed by atoms with Gasteiger partial charge >= 0.3 is 0 Å². The quantitative estimate of drug-likeness (QED) is 0.795. The zero-order valence-corrected chi connectivity index (χ0v) is 14.4. The topological polar surface area (TPSA) is 55.3 Å². The molecule has 2 aromatic rings. The number of halogens is 1. The van der Waals surface area contributed by atoms with Gasteiger partial charge in [0.25, 0.3) is 0 Å². The number of likely N-dealkylation sites (tertiary alicyclic amines) is 1. The summed E-state index contributed by atoms with van der Waals surface area (Å²) in [6.07, 6.45) is 5.01. The molecule has 1 aromatic carbocycles. The van der Waals surface area contributed by atoms with Crippen molar-refractivity contribution in [2.75, 3.05) is 19.0 Å². The van der Waals surface area contributed by atoms with E-state index in [1.807, 2.05) is 31.2 Å². The number of amides is 1. The van der Waals surface area contributed by atoms with E-state index in [9.17, 15) is 4.79 Å². The van der Waals surface area contributed by atoms with Crippen molar-refractivity contribution < 1.29 is 9.53 Å². The first-order valence-electron chi connectivity index (χ1n) is 8.06. The number of carbonyl (C=O) groups is 1. The van der Waals surface area contributed by atoms with Gasteiger partial charge in [-0.05, 0) is 37.5 Å². The number of ether oxygens (including phenoxy) is 1. The molecule has 126 valence electrons. The van der Waals surface area contributed by atoms with E-state index in [1.165, 1.54) is 0 Å². The highest BCUT2D eigenvalue weighted by Crippen LogP contribution is 2.33. The Balaban J connectivity index is 1.74. The van der Waals surface area contributed by atoms with Gasteiger partial charge in [0, 0.05) is 31.4 Å². The minimum atomic E-state index is -0.00880. The van der Waals surface area contributed by atoms with Crippen LogP contribution in [0.15, 0.2) is 36.7 Å². The normalized spacial score (nSPS) is 15.3. The monoisotopic (exact) mass is 345 g/mol. The highest BCUT2D eigenvalue weighted by atomic mass is 35.5. The largest absolute Gasteiger partial charge is 0.437 e.